The molecular weight excluding hydrogens is 581 g/mol. The summed E-state index contributed by atoms with van der Waals surface area (Å²) >= 11 is 0. The summed E-state index contributed by atoms with van der Waals surface area (Å²) in [5.41, 5.74) is 6.28. The first-order valence-corrected chi connectivity index (χ1v) is 16.4. The van der Waals surface area contributed by atoms with Gasteiger partial charge in [0, 0.05) is 12.4 Å². The zero-order valence-electron chi connectivity index (χ0n) is 26.1. The van der Waals surface area contributed by atoms with Crippen LogP contribution < -0.4 is 0 Å². The molecule has 0 spiro atoms. The molecule has 8 aromatic carbocycles. The second kappa shape index (κ2) is 10.6. The van der Waals surface area contributed by atoms with E-state index in [-0.39, 0.29) is 0 Å². The molecule has 2 heteroatoms. The van der Waals surface area contributed by atoms with E-state index in [1.807, 2.05) is 24.5 Å². The van der Waals surface area contributed by atoms with E-state index >= 15 is 0 Å². The van der Waals surface area contributed by atoms with Gasteiger partial charge in [-0.2, -0.15) is 0 Å². The number of nitrogens with zero attached hydrogens (tertiary/aromatic N) is 2. The number of benzene rings is 8. The Kier molecular flexibility index (Phi) is 5.91. The standard InChI is InChI=1S/C46H28N2/c1-3-33-15-17-37-13-11-31(39-21-19-35(5-1)43(33)45(37)39)9-7-29-23-25-47-41(27-29)42-28-30(24-26-48-42)8-10-32-12-14-38-18-16-34-4-2-6-36-20-22-40(32)46(38)44(34)36/h1-28H/b9-7+,10-8+. The molecule has 2 heterocycles. The molecule has 0 unspecified atom stereocenters. The highest BCUT2D eigenvalue weighted by Crippen LogP contribution is 2.38. The average molecular weight is 609 g/mol. The van der Waals surface area contributed by atoms with Gasteiger partial charge in [-0.1, -0.05) is 133 Å². The monoisotopic (exact) mass is 608 g/mol. The summed E-state index contributed by atoms with van der Waals surface area (Å²) in [6.45, 7) is 0. The Morgan fingerprint density at radius 3 is 1.15 bits per heavy atom. The van der Waals surface area contributed by atoms with Crippen molar-refractivity contribution in [1.82, 2.24) is 9.97 Å². The lowest BCUT2D eigenvalue weighted by Crippen LogP contribution is -1.89. The Hall–Kier alpha value is -6.38. The molecule has 0 saturated heterocycles. The zero-order valence-corrected chi connectivity index (χ0v) is 26.1. The van der Waals surface area contributed by atoms with Crippen LogP contribution in [0.5, 0.6) is 0 Å². The van der Waals surface area contributed by atoms with Crippen molar-refractivity contribution < 1.29 is 0 Å². The maximum absolute atomic E-state index is 4.70. The summed E-state index contributed by atoms with van der Waals surface area (Å²) in [6, 6.07) is 48.2. The van der Waals surface area contributed by atoms with Crippen LogP contribution in [0.15, 0.2) is 146 Å². The normalized spacial score (nSPS) is 12.4. The Labute approximate surface area is 277 Å². The summed E-state index contributed by atoms with van der Waals surface area (Å²) in [4.78, 5) is 9.39. The molecule has 0 atom stereocenters. The van der Waals surface area contributed by atoms with Gasteiger partial charge in [0.05, 0.1) is 11.4 Å². The molecule has 0 N–H and O–H groups in total. The largest absolute Gasteiger partial charge is 0.255 e. The lowest BCUT2D eigenvalue weighted by molar-refractivity contribution is 1.24. The van der Waals surface area contributed by atoms with Gasteiger partial charge in [-0.3, -0.25) is 9.97 Å². The van der Waals surface area contributed by atoms with E-state index in [1.165, 1.54) is 75.8 Å². The van der Waals surface area contributed by atoms with Gasteiger partial charge in [0.1, 0.15) is 0 Å². The van der Waals surface area contributed by atoms with E-state index in [2.05, 4.69) is 146 Å². The van der Waals surface area contributed by atoms with Gasteiger partial charge >= 0.3 is 0 Å². The van der Waals surface area contributed by atoms with E-state index in [1.54, 1.807) is 0 Å². The maximum atomic E-state index is 4.70. The van der Waals surface area contributed by atoms with Crippen molar-refractivity contribution in [2.45, 2.75) is 0 Å². The Morgan fingerprint density at radius 1 is 0.333 bits per heavy atom. The molecule has 222 valence electrons. The minimum atomic E-state index is 0.852. The summed E-state index contributed by atoms with van der Waals surface area (Å²) < 4.78 is 0. The van der Waals surface area contributed by atoms with E-state index in [4.69, 9.17) is 9.97 Å². The molecule has 48 heavy (non-hydrogen) atoms. The molecule has 0 aliphatic heterocycles. The quantitative estimate of drug-likeness (QED) is 0.182. The van der Waals surface area contributed by atoms with Gasteiger partial charge in [0.2, 0.25) is 0 Å². The highest BCUT2D eigenvalue weighted by molar-refractivity contribution is 6.25. The molecular formula is C46H28N2. The molecule has 0 bridgehead atoms. The van der Waals surface area contributed by atoms with Crippen LogP contribution in [0.25, 0.3) is 100 Å². The van der Waals surface area contributed by atoms with Crippen molar-refractivity contribution in [1.29, 1.82) is 0 Å². The fourth-order valence-corrected chi connectivity index (χ4v) is 7.56. The smallest absolute Gasteiger partial charge is 0.0892 e. The SMILES string of the molecule is C(=C\c1ccc2ccc3cccc4ccc1c2c34)/c1ccnc(-c2cc(/C=C/c3ccc4ccc5cccc6ccc3c4c56)ccn2)c1. The summed E-state index contributed by atoms with van der Waals surface area (Å²) in [7, 11) is 0. The van der Waals surface area contributed by atoms with Crippen molar-refractivity contribution in [3.8, 4) is 11.4 Å². The van der Waals surface area contributed by atoms with E-state index < -0.39 is 0 Å². The highest BCUT2D eigenvalue weighted by atomic mass is 14.8. The van der Waals surface area contributed by atoms with Crippen molar-refractivity contribution in [3.63, 3.8) is 0 Å². The van der Waals surface area contributed by atoms with Gasteiger partial charge in [-0.15, -0.1) is 0 Å². The Balaban J connectivity index is 0.972. The summed E-state index contributed by atoms with van der Waals surface area (Å²) in [5, 5.41) is 15.6. The molecule has 10 aromatic rings. The number of hydrogen-bond acceptors (Lipinski definition) is 2. The van der Waals surface area contributed by atoms with Crippen LogP contribution in [0.1, 0.15) is 22.3 Å². The molecule has 0 aliphatic rings. The van der Waals surface area contributed by atoms with E-state index in [0.717, 1.165) is 22.5 Å². The molecule has 0 saturated carbocycles. The number of hydrogen-bond donors (Lipinski definition) is 0. The topological polar surface area (TPSA) is 25.8 Å². The van der Waals surface area contributed by atoms with E-state index in [9.17, 15) is 0 Å². The second-order valence-corrected chi connectivity index (χ2v) is 12.6. The van der Waals surface area contributed by atoms with Gasteiger partial charge in [-0.05, 0) is 111 Å². The highest BCUT2D eigenvalue weighted by Gasteiger charge is 2.11. The van der Waals surface area contributed by atoms with Crippen molar-refractivity contribution in [2.75, 3.05) is 0 Å². The van der Waals surface area contributed by atoms with Crippen LogP contribution >= 0.6 is 0 Å². The third-order valence-electron chi connectivity index (χ3n) is 9.87. The minimum Gasteiger partial charge on any atom is -0.255 e. The number of aromatic nitrogens is 2. The van der Waals surface area contributed by atoms with Gasteiger partial charge in [0.25, 0.3) is 0 Å². The second-order valence-electron chi connectivity index (χ2n) is 12.6. The fraction of sp³-hybridized carbons (Fsp3) is 0. The van der Waals surface area contributed by atoms with Crippen molar-refractivity contribution in [3.05, 3.63) is 168 Å². The van der Waals surface area contributed by atoms with Crippen molar-refractivity contribution in [2.24, 2.45) is 0 Å². The summed E-state index contributed by atoms with van der Waals surface area (Å²) in [6.07, 6.45) is 12.5. The molecule has 10 rings (SSSR count). The van der Waals surface area contributed by atoms with Gasteiger partial charge in [0.15, 0.2) is 0 Å². The first kappa shape index (κ1) is 26.8. The lowest BCUT2D eigenvalue weighted by atomic mass is 9.92. The van der Waals surface area contributed by atoms with Gasteiger partial charge < -0.3 is 0 Å². The molecule has 0 radical (unpaired) electrons. The molecule has 0 fully saturated rings. The van der Waals surface area contributed by atoms with Crippen LogP contribution in [-0.2, 0) is 0 Å². The zero-order chi connectivity index (χ0) is 31.6. The van der Waals surface area contributed by atoms with Crippen LogP contribution in [0.2, 0.25) is 0 Å². The molecule has 2 aromatic heterocycles. The first-order chi connectivity index (χ1) is 23.8. The van der Waals surface area contributed by atoms with Crippen LogP contribution in [0, 0.1) is 0 Å². The first-order valence-electron chi connectivity index (χ1n) is 16.4. The van der Waals surface area contributed by atoms with Gasteiger partial charge in [-0.25, -0.2) is 0 Å². The average Bonchev–Trinajstić information content (AvgIpc) is 3.15. The third kappa shape index (κ3) is 4.27. The molecule has 0 amide bonds. The Morgan fingerprint density at radius 2 is 0.708 bits per heavy atom. The van der Waals surface area contributed by atoms with Crippen LogP contribution in [0.3, 0.4) is 0 Å². The molecule has 0 aliphatic carbocycles. The fourth-order valence-electron chi connectivity index (χ4n) is 7.56. The van der Waals surface area contributed by atoms with Crippen LogP contribution in [0.4, 0.5) is 0 Å². The number of rotatable bonds is 5. The minimum absolute atomic E-state index is 0.852. The van der Waals surface area contributed by atoms with E-state index in [0.29, 0.717) is 0 Å². The number of pyridine rings is 2. The van der Waals surface area contributed by atoms with Crippen LogP contribution in [-0.4, -0.2) is 9.97 Å². The maximum Gasteiger partial charge on any atom is 0.0892 e. The van der Waals surface area contributed by atoms with Crippen molar-refractivity contribution >= 4 is 88.9 Å². The predicted molar refractivity (Wildman–Crippen MR) is 206 cm³/mol. The lowest BCUT2D eigenvalue weighted by Gasteiger charge is -2.12. The molecule has 2 nitrogen and oxygen atoms in total. The summed E-state index contributed by atoms with van der Waals surface area (Å²) in [5.74, 6) is 0. The third-order valence-corrected chi connectivity index (χ3v) is 9.87. The predicted octanol–water partition coefficient (Wildman–Crippen LogP) is 12.3. The Bertz CT molecular complexity index is 2660.